The van der Waals surface area contributed by atoms with E-state index in [0.29, 0.717) is 5.92 Å². The minimum atomic E-state index is 0.659. The molecule has 4 rings (SSSR count). The number of hydrogen-bond acceptors (Lipinski definition) is 4. The summed E-state index contributed by atoms with van der Waals surface area (Å²) >= 11 is 0. The number of pyridine rings is 1. The van der Waals surface area contributed by atoms with Crippen LogP contribution in [0.3, 0.4) is 0 Å². The minimum Gasteiger partial charge on any atom is -0.312 e. The Bertz CT molecular complexity index is 605. The summed E-state index contributed by atoms with van der Waals surface area (Å²) in [6, 6.07) is 3.98. The van der Waals surface area contributed by atoms with E-state index in [1.54, 1.807) is 6.20 Å². The first-order chi connectivity index (χ1) is 9.42. The predicted molar refractivity (Wildman–Crippen MR) is 72.6 cm³/mol. The van der Waals surface area contributed by atoms with E-state index in [9.17, 15) is 0 Å². The van der Waals surface area contributed by atoms with Gasteiger partial charge in [-0.1, -0.05) is 0 Å². The van der Waals surface area contributed by atoms with Gasteiger partial charge in [-0.15, -0.1) is 0 Å². The first-order valence-electron chi connectivity index (χ1n) is 6.92. The van der Waals surface area contributed by atoms with Gasteiger partial charge in [0.2, 0.25) is 0 Å². The van der Waals surface area contributed by atoms with Crippen LogP contribution in [0.15, 0.2) is 24.5 Å². The second kappa shape index (κ2) is 4.38. The van der Waals surface area contributed by atoms with Crippen molar-refractivity contribution in [3.63, 3.8) is 0 Å². The van der Waals surface area contributed by atoms with Crippen molar-refractivity contribution in [1.82, 2.24) is 20.3 Å². The van der Waals surface area contributed by atoms with Crippen molar-refractivity contribution < 1.29 is 0 Å². The van der Waals surface area contributed by atoms with E-state index in [4.69, 9.17) is 9.97 Å². The SMILES string of the molecule is c1cncc(-c2nc3c(c(C4CC4)n2)CNCC3)c1. The van der Waals surface area contributed by atoms with Crippen LogP contribution in [-0.2, 0) is 13.0 Å². The zero-order chi connectivity index (χ0) is 12.7. The molecule has 0 spiro atoms. The number of hydrogen-bond donors (Lipinski definition) is 1. The molecule has 1 fully saturated rings. The smallest absolute Gasteiger partial charge is 0.161 e. The molecule has 1 saturated carbocycles. The average Bonchev–Trinajstić information content (AvgIpc) is 3.32. The maximum absolute atomic E-state index is 4.83. The summed E-state index contributed by atoms with van der Waals surface area (Å²) in [5.74, 6) is 1.50. The molecule has 0 atom stereocenters. The van der Waals surface area contributed by atoms with Crippen LogP contribution in [0.25, 0.3) is 11.4 Å². The summed E-state index contributed by atoms with van der Waals surface area (Å²) in [4.78, 5) is 13.8. The Morgan fingerprint density at radius 1 is 1.21 bits per heavy atom. The third-order valence-corrected chi connectivity index (χ3v) is 3.85. The van der Waals surface area contributed by atoms with E-state index in [-0.39, 0.29) is 0 Å². The van der Waals surface area contributed by atoms with Crippen LogP contribution < -0.4 is 5.32 Å². The van der Waals surface area contributed by atoms with Crippen LogP contribution in [0.4, 0.5) is 0 Å². The highest BCUT2D eigenvalue weighted by atomic mass is 15.0. The summed E-state index contributed by atoms with van der Waals surface area (Å²) in [5, 5.41) is 3.43. The number of aromatic nitrogens is 3. The molecular formula is C15H16N4. The fourth-order valence-electron chi connectivity index (χ4n) is 2.69. The molecule has 0 amide bonds. The maximum Gasteiger partial charge on any atom is 0.161 e. The van der Waals surface area contributed by atoms with Crippen molar-refractivity contribution >= 4 is 0 Å². The van der Waals surface area contributed by atoms with Gasteiger partial charge in [-0.3, -0.25) is 4.98 Å². The molecule has 3 heterocycles. The van der Waals surface area contributed by atoms with Crippen molar-refractivity contribution in [1.29, 1.82) is 0 Å². The monoisotopic (exact) mass is 252 g/mol. The molecular weight excluding hydrogens is 236 g/mol. The molecule has 1 N–H and O–H groups in total. The van der Waals surface area contributed by atoms with Crippen LogP contribution in [0.1, 0.15) is 35.7 Å². The second-order valence-corrected chi connectivity index (χ2v) is 5.30. The van der Waals surface area contributed by atoms with E-state index < -0.39 is 0 Å². The highest BCUT2D eigenvalue weighted by Crippen LogP contribution is 2.42. The zero-order valence-corrected chi connectivity index (χ0v) is 10.8. The van der Waals surface area contributed by atoms with Gasteiger partial charge in [0.25, 0.3) is 0 Å². The highest BCUT2D eigenvalue weighted by molar-refractivity contribution is 5.55. The van der Waals surface area contributed by atoms with Crippen molar-refractivity contribution in [2.75, 3.05) is 6.54 Å². The Labute approximate surface area is 112 Å². The van der Waals surface area contributed by atoms with Crippen LogP contribution in [0.5, 0.6) is 0 Å². The zero-order valence-electron chi connectivity index (χ0n) is 10.8. The fraction of sp³-hybridized carbons (Fsp3) is 0.400. The molecule has 1 aliphatic carbocycles. The number of nitrogens with zero attached hydrogens (tertiary/aromatic N) is 3. The summed E-state index contributed by atoms with van der Waals surface area (Å²) in [5.41, 5.74) is 4.87. The van der Waals surface area contributed by atoms with E-state index in [0.717, 1.165) is 30.9 Å². The Hall–Kier alpha value is -1.81. The molecule has 0 bridgehead atoms. The molecule has 4 heteroatoms. The first kappa shape index (κ1) is 11.1. The van der Waals surface area contributed by atoms with Gasteiger partial charge < -0.3 is 5.32 Å². The van der Waals surface area contributed by atoms with Crippen LogP contribution in [0.2, 0.25) is 0 Å². The molecule has 0 radical (unpaired) electrons. The molecule has 2 aromatic heterocycles. The van der Waals surface area contributed by atoms with Gasteiger partial charge in [0, 0.05) is 48.9 Å². The van der Waals surface area contributed by atoms with Gasteiger partial charge in [0.1, 0.15) is 0 Å². The maximum atomic E-state index is 4.83. The third kappa shape index (κ3) is 2.02. The molecule has 2 aliphatic rings. The molecule has 0 aromatic carbocycles. The Kier molecular flexibility index (Phi) is 2.55. The summed E-state index contributed by atoms with van der Waals surface area (Å²) in [6.45, 7) is 1.94. The Morgan fingerprint density at radius 3 is 2.95 bits per heavy atom. The fourth-order valence-corrected chi connectivity index (χ4v) is 2.69. The van der Waals surface area contributed by atoms with Gasteiger partial charge in [0.15, 0.2) is 5.82 Å². The summed E-state index contributed by atoms with van der Waals surface area (Å²) in [7, 11) is 0. The Morgan fingerprint density at radius 2 is 2.16 bits per heavy atom. The molecule has 96 valence electrons. The lowest BCUT2D eigenvalue weighted by Gasteiger charge is -2.20. The quantitative estimate of drug-likeness (QED) is 0.889. The molecule has 19 heavy (non-hydrogen) atoms. The van der Waals surface area contributed by atoms with Gasteiger partial charge in [-0.25, -0.2) is 9.97 Å². The molecule has 0 saturated heterocycles. The molecule has 0 unspecified atom stereocenters. The van der Waals surface area contributed by atoms with E-state index in [1.165, 1.54) is 29.8 Å². The van der Waals surface area contributed by atoms with Crippen molar-refractivity contribution in [3.05, 3.63) is 41.5 Å². The Balaban J connectivity index is 1.86. The van der Waals surface area contributed by atoms with Crippen LogP contribution in [-0.4, -0.2) is 21.5 Å². The summed E-state index contributed by atoms with van der Waals surface area (Å²) in [6.07, 6.45) is 7.18. The van der Waals surface area contributed by atoms with Gasteiger partial charge in [0.05, 0.1) is 11.4 Å². The average molecular weight is 252 g/mol. The van der Waals surface area contributed by atoms with Gasteiger partial charge >= 0.3 is 0 Å². The lowest BCUT2D eigenvalue weighted by molar-refractivity contribution is 0.617. The summed E-state index contributed by atoms with van der Waals surface area (Å²) < 4.78 is 0. The normalized spacial score (nSPS) is 18.1. The lowest BCUT2D eigenvalue weighted by Crippen LogP contribution is -2.26. The second-order valence-electron chi connectivity index (χ2n) is 5.30. The molecule has 2 aromatic rings. The van der Waals surface area contributed by atoms with Gasteiger partial charge in [-0.05, 0) is 25.0 Å². The molecule has 1 aliphatic heterocycles. The van der Waals surface area contributed by atoms with E-state index in [1.807, 2.05) is 18.3 Å². The van der Waals surface area contributed by atoms with E-state index >= 15 is 0 Å². The largest absolute Gasteiger partial charge is 0.312 e. The predicted octanol–water partition coefficient (Wildman–Crippen LogP) is 2.06. The van der Waals surface area contributed by atoms with Crippen LogP contribution >= 0.6 is 0 Å². The third-order valence-electron chi connectivity index (χ3n) is 3.85. The first-order valence-corrected chi connectivity index (χ1v) is 6.92. The van der Waals surface area contributed by atoms with Crippen molar-refractivity contribution in [2.45, 2.75) is 31.7 Å². The van der Waals surface area contributed by atoms with Crippen molar-refractivity contribution in [3.8, 4) is 11.4 Å². The minimum absolute atomic E-state index is 0.659. The van der Waals surface area contributed by atoms with E-state index in [2.05, 4.69) is 10.3 Å². The molecule has 4 nitrogen and oxygen atoms in total. The number of nitrogens with one attached hydrogen (secondary N) is 1. The van der Waals surface area contributed by atoms with Crippen molar-refractivity contribution in [2.24, 2.45) is 0 Å². The number of fused-ring (bicyclic) bond motifs is 1. The topological polar surface area (TPSA) is 50.7 Å². The highest BCUT2D eigenvalue weighted by Gasteiger charge is 2.30. The standard InChI is InChI=1S/C15H16N4/c1-2-11(8-16-6-1)15-18-13-5-7-17-9-12(13)14(19-15)10-3-4-10/h1-2,6,8,10,17H,3-5,7,9H2. The number of rotatable bonds is 2. The van der Waals surface area contributed by atoms with Gasteiger partial charge in [-0.2, -0.15) is 0 Å². The van der Waals surface area contributed by atoms with Crippen LogP contribution in [0, 0.1) is 0 Å². The lowest BCUT2D eigenvalue weighted by atomic mass is 10.0.